The van der Waals surface area contributed by atoms with Crippen LogP contribution >= 0.6 is 0 Å². The first-order chi connectivity index (χ1) is 9.83. The number of aromatic amines is 1. The number of aromatic nitrogens is 3. The summed E-state index contributed by atoms with van der Waals surface area (Å²) in [6.45, 7) is 2.91. The molecule has 0 saturated carbocycles. The predicted octanol–water partition coefficient (Wildman–Crippen LogP) is 3.87. The second kappa shape index (κ2) is 4.23. The van der Waals surface area contributed by atoms with Crippen LogP contribution in [0.5, 0.6) is 0 Å². The Bertz CT molecular complexity index is 899. The van der Waals surface area contributed by atoms with Crippen LogP contribution < -0.4 is 0 Å². The number of hydrogen-bond acceptors (Lipinski definition) is 1. The monoisotopic (exact) mass is 261 g/mol. The summed E-state index contributed by atoms with van der Waals surface area (Å²) in [5.74, 6) is 1.05. The standard InChI is InChI=1S/C17H15N3/c1-12-19-16-8-4-5-9-17(16)20(12)11-13-10-18-15-7-3-2-6-14(13)15/h2-10,18H,11H2,1H3. The van der Waals surface area contributed by atoms with Crippen molar-refractivity contribution in [2.45, 2.75) is 13.5 Å². The van der Waals surface area contributed by atoms with E-state index in [-0.39, 0.29) is 0 Å². The average Bonchev–Trinajstić information content (AvgIpc) is 3.02. The molecule has 4 aromatic rings. The van der Waals surface area contributed by atoms with Gasteiger partial charge in [0.25, 0.3) is 0 Å². The van der Waals surface area contributed by atoms with Crippen molar-refractivity contribution >= 4 is 21.9 Å². The first kappa shape index (κ1) is 11.3. The average molecular weight is 261 g/mol. The molecule has 3 heteroatoms. The maximum Gasteiger partial charge on any atom is 0.107 e. The lowest BCUT2D eigenvalue weighted by molar-refractivity contribution is 0.790. The molecule has 0 spiro atoms. The van der Waals surface area contributed by atoms with Gasteiger partial charge in [0.15, 0.2) is 0 Å². The minimum atomic E-state index is 0.844. The third-order valence-corrected chi connectivity index (χ3v) is 3.85. The summed E-state index contributed by atoms with van der Waals surface area (Å²) in [5.41, 5.74) is 4.73. The highest BCUT2D eigenvalue weighted by Gasteiger charge is 2.09. The fourth-order valence-corrected chi connectivity index (χ4v) is 2.83. The van der Waals surface area contributed by atoms with E-state index in [4.69, 9.17) is 0 Å². The van der Waals surface area contributed by atoms with E-state index in [1.54, 1.807) is 0 Å². The van der Waals surface area contributed by atoms with Gasteiger partial charge in [0.05, 0.1) is 17.6 Å². The first-order valence-electron chi connectivity index (χ1n) is 6.80. The van der Waals surface area contributed by atoms with Gasteiger partial charge in [-0.3, -0.25) is 0 Å². The largest absolute Gasteiger partial charge is 0.361 e. The molecule has 0 aliphatic rings. The zero-order valence-corrected chi connectivity index (χ0v) is 11.3. The summed E-state index contributed by atoms with van der Waals surface area (Å²) in [6, 6.07) is 16.7. The number of hydrogen-bond donors (Lipinski definition) is 1. The molecule has 0 aliphatic carbocycles. The van der Waals surface area contributed by atoms with Crippen molar-refractivity contribution in [1.29, 1.82) is 0 Å². The van der Waals surface area contributed by atoms with E-state index in [1.807, 2.05) is 6.07 Å². The third kappa shape index (κ3) is 1.63. The lowest BCUT2D eigenvalue weighted by atomic mass is 10.2. The molecule has 4 rings (SSSR count). The molecule has 98 valence electrons. The number of nitrogens with zero attached hydrogens (tertiary/aromatic N) is 2. The smallest absolute Gasteiger partial charge is 0.107 e. The van der Waals surface area contributed by atoms with Gasteiger partial charge >= 0.3 is 0 Å². The molecular formula is C17H15N3. The van der Waals surface area contributed by atoms with Crippen LogP contribution in [0.15, 0.2) is 54.7 Å². The molecule has 0 saturated heterocycles. The molecule has 2 heterocycles. The fraction of sp³-hybridized carbons (Fsp3) is 0.118. The van der Waals surface area contributed by atoms with Gasteiger partial charge in [-0.05, 0) is 30.7 Å². The van der Waals surface area contributed by atoms with Gasteiger partial charge in [-0.15, -0.1) is 0 Å². The minimum Gasteiger partial charge on any atom is -0.361 e. The molecule has 1 N–H and O–H groups in total. The normalized spacial score (nSPS) is 11.4. The Labute approximate surface area is 116 Å². The van der Waals surface area contributed by atoms with Gasteiger partial charge < -0.3 is 9.55 Å². The van der Waals surface area contributed by atoms with Gasteiger partial charge in [-0.1, -0.05) is 30.3 Å². The molecule has 0 unspecified atom stereocenters. The van der Waals surface area contributed by atoms with Crippen LogP contribution in [-0.4, -0.2) is 14.5 Å². The number of nitrogens with one attached hydrogen (secondary N) is 1. The zero-order chi connectivity index (χ0) is 13.5. The lowest BCUT2D eigenvalue weighted by Gasteiger charge is -2.06. The van der Waals surface area contributed by atoms with Crippen LogP contribution in [0.25, 0.3) is 21.9 Å². The maximum atomic E-state index is 4.63. The van der Waals surface area contributed by atoms with Crippen molar-refractivity contribution in [3.63, 3.8) is 0 Å². The topological polar surface area (TPSA) is 33.6 Å². The van der Waals surface area contributed by atoms with E-state index < -0.39 is 0 Å². The maximum absolute atomic E-state index is 4.63. The second-order valence-electron chi connectivity index (χ2n) is 5.09. The van der Waals surface area contributed by atoms with Gasteiger partial charge in [0, 0.05) is 17.1 Å². The van der Waals surface area contributed by atoms with E-state index >= 15 is 0 Å². The summed E-state index contributed by atoms with van der Waals surface area (Å²) < 4.78 is 2.27. The molecule has 20 heavy (non-hydrogen) atoms. The number of benzene rings is 2. The van der Waals surface area contributed by atoms with Gasteiger partial charge in [-0.25, -0.2) is 4.98 Å². The van der Waals surface area contributed by atoms with Crippen molar-refractivity contribution in [3.05, 3.63) is 66.1 Å². The van der Waals surface area contributed by atoms with Crippen LogP contribution in [0, 0.1) is 6.92 Å². The molecule has 2 aromatic heterocycles. The van der Waals surface area contributed by atoms with Crippen molar-refractivity contribution in [3.8, 4) is 0 Å². The fourth-order valence-electron chi connectivity index (χ4n) is 2.83. The predicted molar refractivity (Wildman–Crippen MR) is 81.9 cm³/mol. The van der Waals surface area contributed by atoms with E-state index in [0.717, 1.165) is 17.9 Å². The summed E-state index contributed by atoms with van der Waals surface area (Å²) in [6.07, 6.45) is 2.10. The summed E-state index contributed by atoms with van der Waals surface area (Å²) >= 11 is 0. The quantitative estimate of drug-likeness (QED) is 0.584. The molecule has 0 atom stereocenters. The molecule has 0 fully saturated rings. The number of fused-ring (bicyclic) bond motifs is 2. The molecular weight excluding hydrogens is 246 g/mol. The molecule has 0 radical (unpaired) electrons. The molecule has 2 aromatic carbocycles. The lowest BCUT2D eigenvalue weighted by Crippen LogP contribution is -2.01. The van der Waals surface area contributed by atoms with Crippen LogP contribution in [-0.2, 0) is 6.54 Å². The Morgan fingerprint density at radius 1 is 1.05 bits per heavy atom. The Hall–Kier alpha value is -2.55. The molecule has 0 aliphatic heterocycles. The van der Waals surface area contributed by atoms with Crippen molar-refractivity contribution in [2.75, 3.05) is 0 Å². The third-order valence-electron chi connectivity index (χ3n) is 3.85. The Kier molecular flexibility index (Phi) is 2.39. The van der Waals surface area contributed by atoms with E-state index in [0.29, 0.717) is 0 Å². The van der Waals surface area contributed by atoms with Gasteiger partial charge in [-0.2, -0.15) is 0 Å². The highest BCUT2D eigenvalue weighted by Crippen LogP contribution is 2.22. The van der Waals surface area contributed by atoms with Crippen molar-refractivity contribution in [1.82, 2.24) is 14.5 Å². The van der Waals surface area contributed by atoms with E-state index in [2.05, 4.69) is 70.1 Å². The number of H-pyrrole nitrogens is 1. The van der Waals surface area contributed by atoms with Gasteiger partial charge in [0.1, 0.15) is 5.82 Å². The molecule has 0 bridgehead atoms. The highest BCUT2D eigenvalue weighted by atomic mass is 15.1. The number of rotatable bonds is 2. The second-order valence-corrected chi connectivity index (χ2v) is 5.09. The number of aryl methyl sites for hydroxylation is 1. The zero-order valence-electron chi connectivity index (χ0n) is 11.3. The Morgan fingerprint density at radius 3 is 2.80 bits per heavy atom. The van der Waals surface area contributed by atoms with E-state index in [1.165, 1.54) is 22.0 Å². The SMILES string of the molecule is Cc1nc2ccccc2n1Cc1c[nH]c2ccccc12. The molecule has 3 nitrogen and oxygen atoms in total. The minimum absolute atomic E-state index is 0.844. The van der Waals surface area contributed by atoms with Crippen LogP contribution in [0.4, 0.5) is 0 Å². The molecule has 0 amide bonds. The summed E-state index contributed by atoms with van der Waals surface area (Å²) in [4.78, 5) is 7.96. The van der Waals surface area contributed by atoms with Gasteiger partial charge in [0.2, 0.25) is 0 Å². The number of para-hydroxylation sites is 3. The van der Waals surface area contributed by atoms with Crippen LogP contribution in [0.3, 0.4) is 0 Å². The Morgan fingerprint density at radius 2 is 1.85 bits per heavy atom. The van der Waals surface area contributed by atoms with Crippen molar-refractivity contribution in [2.24, 2.45) is 0 Å². The summed E-state index contributed by atoms with van der Waals surface area (Å²) in [7, 11) is 0. The number of imidazole rings is 1. The van der Waals surface area contributed by atoms with E-state index in [9.17, 15) is 0 Å². The summed E-state index contributed by atoms with van der Waals surface area (Å²) in [5, 5.41) is 1.28. The first-order valence-corrected chi connectivity index (χ1v) is 6.80. The van der Waals surface area contributed by atoms with Crippen molar-refractivity contribution < 1.29 is 0 Å². The van der Waals surface area contributed by atoms with Crippen LogP contribution in [0.1, 0.15) is 11.4 Å². The van der Waals surface area contributed by atoms with Crippen LogP contribution in [0.2, 0.25) is 0 Å². The highest BCUT2D eigenvalue weighted by molar-refractivity contribution is 5.83. The Balaban J connectivity index is 1.87.